The van der Waals surface area contributed by atoms with Gasteiger partial charge in [0.05, 0.1) is 42.0 Å². The van der Waals surface area contributed by atoms with E-state index < -0.39 is 0 Å². The van der Waals surface area contributed by atoms with E-state index in [0.717, 1.165) is 33.3 Å². The lowest BCUT2D eigenvalue weighted by molar-refractivity contribution is -0.156. The average Bonchev–Trinajstić information content (AvgIpc) is 3.41. The summed E-state index contributed by atoms with van der Waals surface area (Å²) in [6, 6.07) is 7.68. The van der Waals surface area contributed by atoms with Crippen molar-refractivity contribution in [3.8, 4) is 22.5 Å². The quantitative estimate of drug-likeness (QED) is 0.445. The molecule has 1 aromatic carbocycles. The summed E-state index contributed by atoms with van der Waals surface area (Å²) in [7, 11) is 1.86. The van der Waals surface area contributed by atoms with E-state index >= 15 is 0 Å². The van der Waals surface area contributed by atoms with Gasteiger partial charge in [0.2, 0.25) is 5.91 Å². The van der Waals surface area contributed by atoms with Crippen LogP contribution in [0, 0.1) is 0 Å². The molecule has 0 bridgehead atoms. The second-order valence-corrected chi connectivity index (χ2v) is 9.97. The van der Waals surface area contributed by atoms with Crippen molar-refractivity contribution < 1.29 is 14.6 Å². The number of carbonyl (C=O) groups excluding carboxylic acids is 1. The lowest BCUT2D eigenvalue weighted by Crippen LogP contribution is -2.57. The summed E-state index contributed by atoms with van der Waals surface area (Å²) < 4.78 is 7.67. The molecule has 1 fully saturated rings. The predicted octanol–water partition coefficient (Wildman–Crippen LogP) is 3.09. The first-order valence-electron chi connectivity index (χ1n) is 11.7. The second-order valence-electron chi connectivity index (χ2n) is 9.97. The molecule has 182 valence electrons. The number of ether oxygens (including phenoxy) is 1. The number of aryl methyl sites for hydroxylation is 1. The molecule has 1 aliphatic heterocycles. The molecule has 0 saturated carbocycles. The predicted molar refractivity (Wildman–Crippen MR) is 132 cm³/mol. The lowest BCUT2D eigenvalue weighted by Gasteiger charge is -2.42. The lowest BCUT2D eigenvalue weighted by atomic mass is 9.93. The zero-order valence-corrected chi connectivity index (χ0v) is 20.4. The molecule has 0 aliphatic carbocycles. The van der Waals surface area contributed by atoms with E-state index in [2.05, 4.69) is 20.1 Å². The van der Waals surface area contributed by atoms with Crippen molar-refractivity contribution in [2.45, 2.75) is 45.5 Å². The van der Waals surface area contributed by atoms with Crippen LogP contribution in [-0.2, 0) is 29.6 Å². The molecule has 0 unspecified atom stereocenters. The Morgan fingerprint density at radius 3 is 2.71 bits per heavy atom. The van der Waals surface area contributed by atoms with Crippen LogP contribution in [0.3, 0.4) is 0 Å². The van der Waals surface area contributed by atoms with Gasteiger partial charge < -0.3 is 19.7 Å². The molecule has 0 spiro atoms. The zero-order valence-electron chi connectivity index (χ0n) is 20.4. The molecule has 35 heavy (non-hydrogen) atoms. The number of nitrogens with one attached hydrogen (secondary N) is 1. The summed E-state index contributed by atoms with van der Waals surface area (Å²) in [6.45, 7) is 7.08. The summed E-state index contributed by atoms with van der Waals surface area (Å²) >= 11 is 0. The molecular formula is C26H30N6O3. The van der Waals surface area contributed by atoms with Gasteiger partial charge in [0, 0.05) is 38.1 Å². The number of hydrogen-bond donors (Lipinski definition) is 2. The number of imidazole rings is 1. The molecule has 3 aromatic heterocycles. The molecular weight excluding hydrogens is 444 g/mol. The largest absolute Gasteiger partial charge is 0.392 e. The Labute approximate surface area is 203 Å². The summed E-state index contributed by atoms with van der Waals surface area (Å²) in [4.78, 5) is 27.2. The minimum absolute atomic E-state index is 0.0332. The fourth-order valence-corrected chi connectivity index (χ4v) is 4.55. The molecule has 4 aromatic rings. The van der Waals surface area contributed by atoms with Crippen LogP contribution in [0.15, 0.2) is 42.9 Å². The number of hydrogen-bond acceptors (Lipinski definition) is 6. The molecule has 9 heteroatoms. The highest BCUT2D eigenvalue weighted by molar-refractivity contribution is 5.93. The number of H-pyrrole nitrogens is 1. The minimum Gasteiger partial charge on any atom is -0.392 e. The van der Waals surface area contributed by atoms with E-state index in [4.69, 9.17) is 4.74 Å². The first-order valence-corrected chi connectivity index (χ1v) is 11.7. The average molecular weight is 475 g/mol. The number of pyridine rings is 1. The van der Waals surface area contributed by atoms with Crippen LogP contribution >= 0.6 is 0 Å². The molecule has 1 aliphatic rings. The number of carbonyl (C=O) groups is 1. The molecule has 0 radical (unpaired) electrons. The maximum Gasteiger partial charge on any atom is 0.227 e. The monoisotopic (exact) mass is 474 g/mol. The second kappa shape index (κ2) is 8.90. The van der Waals surface area contributed by atoms with Crippen molar-refractivity contribution >= 4 is 17.1 Å². The fourth-order valence-electron chi connectivity index (χ4n) is 4.55. The van der Waals surface area contributed by atoms with Crippen LogP contribution in [0.5, 0.6) is 0 Å². The molecule has 1 amide bonds. The number of likely N-dealkylation sites (tertiary alicyclic amines) is 1. The third-order valence-corrected chi connectivity index (χ3v) is 6.15. The van der Waals surface area contributed by atoms with E-state index in [1.807, 2.05) is 63.2 Å². The number of aromatic nitrogens is 5. The van der Waals surface area contributed by atoms with Crippen molar-refractivity contribution in [3.05, 3.63) is 54.0 Å². The highest BCUT2D eigenvalue weighted by Gasteiger charge is 2.34. The van der Waals surface area contributed by atoms with E-state index in [0.29, 0.717) is 24.6 Å². The standard InChI is InChI=1S/C26H30N6O3/c1-26(2,3)35-18-13-32(14-18)22(34)10-16-6-5-7-19(21(16)15-33)20-8-9-27-25-23(20)29-24(30-25)17-11-28-31(4)12-17/h5-9,11-12,18,33H,10,13-15H2,1-4H3,(H,27,29,30). The van der Waals surface area contributed by atoms with Gasteiger partial charge >= 0.3 is 0 Å². The van der Waals surface area contributed by atoms with Crippen molar-refractivity contribution in [2.24, 2.45) is 7.05 Å². The van der Waals surface area contributed by atoms with Gasteiger partial charge in [-0.3, -0.25) is 9.48 Å². The minimum atomic E-state index is -0.225. The van der Waals surface area contributed by atoms with Crippen LogP contribution in [0.2, 0.25) is 0 Å². The number of aliphatic hydroxyl groups excluding tert-OH is 1. The van der Waals surface area contributed by atoms with E-state index in [1.165, 1.54) is 0 Å². The Morgan fingerprint density at radius 2 is 2.03 bits per heavy atom. The van der Waals surface area contributed by atoms with E-state index in [9.17, 15) is 9.90 Å². The zero-order chi connectivity index (χ0) is 24.7. The molecule has 5 rings (SSSR count). The first-order chi connectivity index (χ1) is 16.7. The van der Waals surface area contributed by atoms with Gasteiger partial charge in [0.15, 0.2) is 5.65 Å². The number of benzene rings is 1. The van der Waals surface area contributed by atoms with Crippen LogP contribution in [0.1, 0.15) is 31.9 Å². The van der Waals surface area contributed by atoms with Crippen molar-refractivity contribution in [1.82, 2.24) is 29.6 Å². The number of amides is 1. The summed E-state index contributed by atoms with van der Waals surface area (Å²) in [5.74, 6) is 0.709. The smallest absolute Gasteiger partial charge is 0.227 e. The summed E-state index contributed by atoms with van der Waals surface area (Å²) in [6.07, 6.45) is 5.64. The Hall–Kier alpha value is -3.56. The van der Waals surface area contributed by atoms with Crippen molar-refractivity contribution in [1.29, 1.82) is 0 Å². The molecule has 1 saturated heterocycles. The SMILES string of the molecule is Cn1cc(-c2nc3nccc(-c4cccc(CC(=O)N5CC(OC(C)(C)C)C5)c4CO)c3[nH]2)cn1. The number of rotatable bonds is 6. The normalized spacial score (nSPS) is 14.5. The van der Waals surface area contributed by atoms with Crippen molar-refractivity contribution in [3.63, 3.8) is 0 Å². The third-order valence-electron chi connectivity index (χ3n) is 6.15. The van der Waals surface area contributed by atoms with Crippen LogP contribution in [-0.4, -0.2) is 65.4 Å². The molecule has 9 nitrogen and oxygen atoms in total. The van der Waals surface area contributed by atoms with Gasteiger partial charge in [-0.1, -0.05) is 18.2 Å². The Morgan fingerprint density at radius 1 is 1.23 bits per heavy atom. The molecule has 2 N–H and O–H groups in total. The fraction of sp³-hybridized carbons (Fsp3) is 0.385. The Bertz CT molecular complexity index is 1380. The van der Waals surface area contributed by atoms with Gasteiger partial charge in [-0.2, -0.15) is 5.10 Å². The van der Waals surface area contributed by atoms with Crippen molar-refractivity contribution in [2.75, 3.05) is 13.1 Å². The highest BCUT2D eigenvalue weighted by atomic mass is 16.5. The number of nitrogens with zero attached hydrogens (tertiary/aromatic N) is 5. The topological polar surface area (TPSA) is 109 Å². The van der Waals surface area contributed by atoms with Gasteiger partial charge in [-0.05, 0) is 43.5 Å². The summed E-state index contributed by atoms with van der Waals surface area (Å²) in [5.41, 5.74) is 5.26. The Balaban J connectivity index is 1.42. The van der Waals surface area contributed by atoms with Gasteiger partial charge in [-0.25, -0.2) is 9.97 Å². The highest BCUT2D eigenvalue weighted by Crippen LogP contribution is 2.33. The maximum atomic E-state index is 13.0. The van der Waals surface area contributed by atoms with Crippen LogP contribution in [0.25, 0.3) is 33.7 Å². The molecule has 0 atom stereocenters. The van der Waals surface area contributed by atoms with Crippen LogP contribution < -0.4 is 0 Å². The summed E-state index contributed by atoms with van der Waals surface area (Å²) in [5, 5.41) is 14.5. The van der Waals surface area contributed by atoms with Gasteiger partial charge in [-0.15, -0.1) is 0 Å². The Kier molecular flexibility index (Phi) is 5.90. The third kappa shape index (κ3) is 4.69. The number of fused-ring (bicyclic) bond motifs is 1. The molecule has 4 heterocycles. The van der Waals surface area contributed by atoms with Gasteiger partial charge in [0.25, 0.3) is 0 Å². The number of aliphatic hydroxyl groups is 1. The van der Waals surface area contributed by atoms with Gasteiger partial charge in [0.1, 0.15) is 5.82 Å². The first kappa shape index (κ1) is 23.2. The maximum absolute atomic E-state index is 13.0. The van der Waals surface area contributed by atoms with Crippen LogP contribution in [0.4, 0.5) is 0 Å². The number of aromatic amines is 1. The van der Waals surface area contributed by atoms with E-state index in [1.54, 1.807) is 17.1 Å². The van der Waals surface area contributed by atoms with E-state index in [-0.39, 0.29) is 30.6 Å².